The van der Waals surface area contributed by atoms with Gasteiger partial charge in [0.2, 0.25) is 5.91 Å². The zero-order chi connectivity index (χ0) is 20.6. The van der Waals surface area contributed by atoms with E-state index in [1.54, 1.807) is 31.0 Å². The Balaban J connectivity index is 1.65. The molecule has 1 aliphatic rings. The second-order valence-corrected chi connectivity index (χ2v) is 8.07. The Morgan fingerprint density at radius 2 is 2.00 bits per heavy atom. The number of hydrogen-bond donors (Lipinski definition) is 3. The SMILES string of the molecule is COc1cccc(NC(=O)[C@H](CCSC)NC(=O)[C@@H]2Cc3ccccc3C[NH2+]2)c1. The molecule has 29 heavy (non-hydrogen) atoms. The number of ether oxygens (including phenoxy) is 1. The highest BCUT2D eigenvalue weighted by molar-refractivity contribution is 7.98. The minimum Gasteiger partial charge on any atom is -0.497 e. The van der Waals surface area contributed by atoms with Crippen LogP contribution < -0.4 is 20.7 Å². The molecule has 0 unspecified atom stereocenters. The van der Waals surface area contributed by atoms with Crippen LogP contribution in [0.15, 0.2) is 48.5 Å². The zero-order valence-corrected chi connectivity index (χ0v) is 17.6. The fraction of sp³-hybridized carbons (Fsp3) is 0.364. The predicted molar refractivity (Wildman–Crippen MR) is 116 cm³/mol. The first kappa shape index (κ1) is 21.2. The Labute approximate surface area is 175 Å². The summed E-state index contributed by atoms with van der Waals surface area (Å²) in [4.78, 5) is 25.7. The van der Waals surface area contributed by atoms with Crippen LogP contribution in [0.3, 0.4) is 0 Å². The van der Waals surface area contributed by atoms with E-state index in [2.05, 4.69) is 22.8 Å². The summed E-state index contributed by atoms with van der Waals surface area (Å²) in [5, 5.41) is 7.92. The molecule has 0 radical (unpaired) electrons. The fourth-order valence-electron chi connectivity index (χ4n) is 3.46. The monoisotopic (exact) mass is 414 g/mol. The first-order valence-electron chi connectivity index (χ1n) is 9.75. The molecule has 2 amide bonds. The molecule has 0 spiro atoms. The number of rotatable bonds is 8. The van der Waals surface area contributed by atoms with Gasteiger partial charge in [0, 0.05) is 23.7 Å². The Morgan fingerprint density at radius 3 is 2.76 bits per heavy atom. The third-order valence-electron chi connectivity index (χ3n) is 5.10. The number of carbonyl (C=O) groups is 2. The maximum Gasteiger partial charge on any atom is 0.279 e. The van der Waals surface area contributed by atoms with E-state index in [4.69, 9.17) is 4.74 Å². The smallest absolute Gasteiger partial charge is 0.279 e. The van der Waals surface area contributed by atoms with Crippen molar-refractivity contribution in [1.82, 2.24) is 5.32 Å². The van der Waals surface area contributed by atoms with Gasteiger partial charge in [0.05, 0.1) is 7.11 Å². The van der Waals surface area contributed by atoms with Crippen molar-refractivity contribution >= 4 is 29.3 Å². The Hall–Kier alpha value is -2.51. The van der Waals surface area contributed by atoms with Crippen molar-refractivity contribution in [3.8, 4) is 5.75 Å². The quantitative estimate of drug-likeness (QED) is 0.612. The number of hydrogen-bond acceptors (Lipinski definition) is 4. The number of thioether (sulfide) groups is 1. The molecule has 1 aliphatic heterocycles. The predicted octanol–water partition coefficient (Wildman–Crippen LogP) is 1.56. The average molecular weight is 415 g/mol. The van der Waals surface area contributed by atoms with Crippen molar-refractivity contribution in [3.05, 3.63) is 59.7 Å². The molecule has 4 N–H and O–H groups in total. The number of amides is 2. The van der Waals surface area contributed by atoms with Gasteiger partial charge in [0.25, 0.3) is 5.91 Å². The van der Waals surface area contributed by atoms with Crippen molar-refractivity contribution in [3.63, 3.8) is 0 Å². The molecule has 0 saturated carbocycles. The number of fused-ring (bicyclic) bond motifs is 1. The summed E-state index contributed by atoms with van der Waals surface area (Å²) in [6.07, 6.45) is 3.24. The molecule has 6 nitrogen and oxygen atoms in total. The standard InChI is InChI=1S/C22H27N3O3S/c1-28-18-9-5-8-17(13-18)24-21(26)19(10-11-29-2)25-22(27)20-12-15-6-3-4-7-16(15)14-23-20/h3-9,13,19-20,23H,10-12,14H2,1-2H3,(H,24,26)(H,25,27)/p+1/t19-,20-/m0/s1. The van der Waals surface area contributed by atoms with Crippen molar-refractivity contribution in [2.75, 3.05) is 24.4 Å². The molecule has 0 fully saturated rings. The average Bonchev–Trinajstić information content (AvgIpc) is 2.76. The number of benzene rings is 2. The maximum absolute atomic E-state index is 12.9. The molecule has 1 heterocycles. The van der Waals surface area contributed by atoms with Crippen LogP contribution in [0, 0.1) is 0 Å². The van der Waals surface area contributed by atoms with Gasteiger partial charge in [0.15, 0.2) is 6.04 Å². The van der Waals surface area contributed by atoms with Gasteiger partial charge in [-0.1, -0.05) is 30.3 Å². The number of quaternary nitrogens is 1. The third kappa shape index (κ3) is 5.74. The van der Waals surface area contributed by atoms with Crippen LogP contribution in [-0.4, -0.2) is 43.0 Å². The van der Waals surface area contributed by atoms with Gasteiger partial charge < -0.3 is 20.7 Å². The summed E-state index contributed by atoms with van der Waals surface area (Å²) in [6, 6.07) is 14.6. The third-order valence-corrected chi connectivity index (χ3v) is 5.74. The van der Waals surface area contributed by atoms with E-state index in [0.29, 0.717) is 24.3 Å². The largest absolute Gasteiger partial charge is 0.497 e. The van der Waals surface area contributed by atoms with Gasteiger partial charge in [-0.2, -0.15) is 11.8 Å². The highest BCUT2D eigenvalue weighted by atomic mass is 32.2. The number of methoxy groups -OCH3 is 1. The molecule has 3 rings (SSSR count). The van der Waals surface area contributed by atoms with Crippen LogP contribution in [0.5, 0.6) is 5.75 Å². The Bertz CT molecular complexity index is 859. The minimum absolute atomic E-state index is 0.0913. The normalized spacial score (nSPS) is 16.4. The van der Waals surface area contributed by atoms with E-state index in [1.807, 2.05) is 35.8 Å². The summed E-state index contributed by atoms with van der Waals surface area (Å²) < 4.78 is 5.21. The molecule has 2 aromatic rings. The number of carbonyl (C=O) groups excluding carboxylic acids is 2. The maximum atomic E-state index is 12.9. The zero-order valence-electron chi connectivity index (χ0n) is 16.8. The van der Waals surface area contributed by atoms with Gasteiger partial charge in [0.1, 0.15) is 18.3 Å². The van der Waals surface area contributed by atoms with Crippen LogP contribution >= 0.6 is 11.8 Å². The van der Waals surface area contributed by atoms with Crippen LogP contribution in [0.2, 0.25) is 0 Å². The Kier molecular flexibility index (Phi) is 7.55. The fourth-order valence-corrected chi connectivity index (χ4v) is 3.93. The van der Waals surface area contributed by atoms with Crippen molar-refractivity contribution < 1.29 is 19.6 Å². The van der Waals surface area contributed by atoms with Gasteiger partial charge in [-0.05, 0) is 36.1 Å². The molecule has 7 heteroatoms. The van der Waals surface area contributed by atoms with E-state index < -0.39 is 6.04 Å². The van der Waals surface area contributed by atoms with Crippen LogP contribution in [0.1, 0.15) is 17.5 Å². The second-order valence-electron chi connectivity index (χ2n) is 7.08. The van der Waals surface area contributed by atoms with E-state index in [0.717, 1.165) is 12.3 Å². The summed E-state index contributed by atoms with van der Waals surface area (Å²) in [5.41, 5.74) is 3.12. The number of anilines is 1. The number of nitrogens with two attached hydrogens (primary N) is 1. The van der Waals surface area contributed by atoms with Crippen molar-refractivity contribution in [1.29, 1.82) is 0 Å². The van der Waals surface area contributed by atoms with Crippen molar-refractivity contribution in [2.24, 2.45) is 0 Å². The van der Waals surface area contributed by atoms with Gasteiger partial charge >= 0.3 is 0 Å². The van der Waals surface area contributed by atoms with E-state index in [1.165, 1.54) is 11.1 Å². The lowest BCUT2D eigenvalue weighted by Gasteiger charge is -2.25. The molecular weight excluding hydrogens is 386 g/mol. The molecule has 0 aromatic heterocycles. The lowest BCUT2D eigenvalue weighted by molar-refractivity contribution is -0.695. The molecule has 0 saturated heterocycles. The summed E-state index contributed by atoms with van der Waals surface area (Å²) >= 11 is 1.65. The summed E-state index contributed by atoms with van der Waals surface area (Å²) in [6.45, 7) is 0.778. The molecule has 0 aliphatic carbocycles. The highest BCUT2D eigenvalue weighted by Gasteiger charge is 2.30. The van der Waals surface area contributed by atoms with Gasteiger partial charge in [-0.15, -0.1) is 0 Å². The highest BCUT2D eigenvalue weighted by Crippen LogP contribution is 2.17. The molecule has 154 valence electrons. The number of nitrogens with one attached hydrogen (secondary N) is 2. The summed E-state index contributed by atoms with van der Waals surface area (Å²) in [5.74, 6) is 1.15. The topological polar surface area (TPSA) is 84.0 Å². The molecule has 0 bridgehead atoms. The van der Waals surface area contributed by atoms with E-state index in [9.17, 15) is 9.59 Å². The van der Waals surface area contributed by atoms with Crippen LogP contribution in [0.4, 0.5) is 5.69 Å². The van der Waals surface area contributed by atoms with E-state index in [-0.39, 0.29) is 17.9 Å². The summed E-state index contributed by atoms with van der Waals surface area (Å²) in [7, 11) is 1.58. The van der Waals surface area contributed by atoms with E-state index >= 15 is 0 Å². The first-order valence-corrected chi connectivity index (χ1v) is 11.1. The van der Waals surface area contributed by atoms with Crippen molar-refractivity contribution in [2.45, 2.75) is 31.5 Å². The van der Waals surface area contributed by atoms with Gasteiger partial charge in [-0.3, -0.25) is 9.59 Å². The molecular formula is C22H28N3O3S+. The molecule has 2 atom stereocenters. The Morgan fingerprint density at radius 1 is 1.21 bits per heavy atom. The lowest BCUT2D eigenvalue weighted by atomic mass is 9.95. The van der Waals surface area contributed by atoms with Crippen LogP contribution in [0.25, 0.3) is 0 Å². The minimum atomic E-state index is -0.577. The van der Waals surface area contributed by atoms with Crippen LogP contribution in [-0.2, 0) is 22.6 Å². The van der Waals surface area contributed by atoms with Gasteiger partial charge in [-0.25, -0.2) is 0 Å². The second kappa shape index (κ2) is 10.3. The molecule has 2 aromatic carbocycles. The first-order chi connectivity index (χ1) is 14.1. The lowest BCUT2D eigenvalue weighted by Crippen LogP contribution is -2.93.